The molecule has 0 bridgehead atoms. The number of aliphatic hydroxyl groups excluding tert-OH is 1. The highest BCUT2D eigenvalue weighted by Gasteiger charge is 2.30. The van der Waals surface area contributed by atoms with E-state index in [9.17, 15) is 10.4 Å². The number of nitrogens with zero attached hydrogens (tertiary/aromatic N) is 3. The van der Waals surface area contributed by atoms with Crippen molar-refractivity contribution >= 4 is 28.9 Å². The highest BCUT2D eigenvalue weighted by Crippen LogP contribution is 2.29. The molecule has 3 aromatic carbocycles. The van der Waals surface area contributed by atoms with Gasteiger partial charge >= 0.3 is 0 Å². The van der Waals surface area contributed by atoms with Crippen LogP contribution in [0.3, 0.4) is 0 Å². The van der Waals surface area contributed by atoms with E-state index < -0.39 is 6.35 Å². The molecule has 0 spiro atoms. The highest BCUT2D eigenvalue weighted by atomic mass is 35.5. The third kappa shape index (κ3) is 7.48. The molecule has 1 saturated heterocycles. The summed E-state index contributed by atoms with van der Waals surface area (Å²) in [4.78, 5) is 5.05. The Balaban J connectivity index is 1.52. The zero-order valence-electron chi connectivity index (χ0n) is 21.9. The molecule has 1 aliphatic rings. The Morgan fingerprint density at radius 2 is 1.76 bits per heavy atom. The van der Waals surface area contributed by atoms with Crippen molar-refractivity contribution in [1.29, 1.82) is 5.26 Å². The van der Waals surface area contributed by atoms with Crippen LogP contribution in [0.25, 0.3) is 11.1 Å². The second-order valence-electron chi connectivity index (χ2n) is 9.83. The molecule has 3 aromatic rings. The van der Waals surface area contributed by atoms with E-state index >= 15 is 0 Å². The van der Waals surface area contributed by atoms with Crippen molar-refractivity contribution in [2.75, 3.05) is 38.0 Å². The first-order chi connectivity index (χ1) is 18.4. The van der Waals surface area contributed by atoms with E-state index in [4.69, 9.17) is 23.2 Å². The number of nitrogens with one attached hydrogen (secondary N) is 2. The van der Waals surface area contributed by atoms with Gasteiger partial charge < -0.3 is 15.3 Å². The fourth-order valence-corrected chi connectivity index (χ4v) is 5.72. The molecule has 1 aliphatic heterocycles. The molecular weight excluding hydrogens is 517 g/mol. The van der Waals surface area contributed by atoms with Crippen LogP contribution in [0.5, 0.6) is 0 Å². The maximum Gasteiger partial charge on any atom is 0.181 e. The zero-order valence-corrected chi connectivity index (χ0v) is 23.4. The van der Waals surface area contributed by atoms with Gasteiger partial charge in [0.2, 0.25) is 0 Å². The summed E-state index contributed by atoms with van der Waals surface area (Å²) in [6.45, 7) is 9.15. The minimum Gasteiger partial charge on any atom is -0.361 e. The third-order valence-electron chi connectivity index (χ3n) is 6.99. The van der Waals surface area contributed by atoms with E-state index in [1.807, 2.05) is 24.3 Å². The standard InChI is InChI=1S/C30H35Cl2N5O/c1-3-11-36-12-13-37(21(2)20-36)29(19-34-30(38)35-28-16-26(31)15-27(32)17-28)24-9-7-23(8-10-24)25-6-4-5-22(14-25)18-33/h4-10,14-17,21,29-30,34-35,38H,3,11-13,19-20H2,1-2H3. The van der Waals surface area contributed by atoms with Crippen molar-refractivity contribution in [3.63, 3.8) is 0 Å². The SMILES string of the molecule is CCCN1CCN(C(CNC(O)Nc2cc(Cl)cc(Cl)c2)c2ccc(-c3cccc(C#N)c3)cc2)C(C)C1. The second kappa shape index (κ2) is 13.4. The molecule has 3 unspecified atom stereocenters. The molecule has 1 heterocycles. The van der Waals surface area contributed by atoms with E-state index in [1.54, 1.807) is 18.2 Å². The summed E-state index contributed by atoms with van der Waals surface area (Å²) in [5.74, 6) is 0. The Morgan fingerprint density at radius 1 is 1.03 bits per heavy atom. The van der Waals surface area contributed by atoms with Gasteiger partial charge in [-0.3, -0.25) is 10.2 Å². The van der Waals surface area contributed by atoms with E-state index in [-0.39, 0.29) is 6.04 Å². The van der Waals surface area contributed by atoms with Crippen molar-refractivity contribution < 1.29 is 5.11 Å². The van der Waals surface area contributed by atoms with Gasteiger partial charge in [-0.15, -0.1) is 0 Å². The van der Waals surface area contributed by atoms with Crippen LogP contribution < -0.4 is 10.6 Å². The van der Waals surface area contributed by atoms with Gasteiger partial charge in [-0.2, -0.15) is 5.26 Å². The molecule has 38 heavy (non-hydrogen) atoms. The van der Waals surface area contributed by atoms with Crippen LogP contribution in [-0.4, -0.2) is 60.0 Å². The molecule has 1 fully saturated rings. The lowest BCUT2D eigenvalue weighted by Gasteiger charge is -2.44. The molecule has 4 rings (SSSR count). The molecule has 0 amide bonds. The first-order valence-electron chi connectivity index (χ1n) is 13.1. The maximum atomic E-state index is 10.7. The van der Waals surface area contributed by atoms with Gasteiger partial charge in [-0.1, -0.05) is 66.5 Å². The first-order valence-corrected chi connectivity index (χ1v) is 13.8. The number of aliphatic hydroxyl groups is 1. The van der Waals surface area contributed by atoms with Crippen LogP contribution >= 0.6 is 23.2 Å². The van der Waals surface area contributed by atoms with Gasteiger partial charge in [-0.25, -0.2) is 0 Å². The van der Waals surface area contributed by atoms with Crippen molar-refractivity contribution in [3.05, 3.63) is 87.9 Å². The molecule has 3 N–H and O–H groups in total. The van der Waals surface area contributed by atoms with Crippen LogP contribution in [0.4, 0.5) is 5.69 Å². The smallest absolute Gasteiger partial charge is 0.181 e. The molecule has 0 radical (unpaired) electrons. The number of hydrogen-bond donors (Lipinski definition) is 3. The van der Waals surface area contributed by atoms with Gasteiger partial charge in [0, 0.05) is 54.0 Å². The summed E-state index contributed by atoms with van der Waals surface area (Å²) >= 11 is 12.2. The summed E-state index contributed by atoms with van der Waals surface area (Å²) in [7, 11) is 0. The maximum absolute atomic E-state index is 10.7. The Bertz CT molecular complexity index is 1230. The van der Waals surface area contributed by atoms with Crippen molar-refractivity contribution in [2.24, 2.45) is 0 Å². The molecule has 3 atom stereocenters. The van der Waals surface area contributed by atoms with Gasteiger partial charge in [0.05, 0.1) is 11.6 Å². The number of hydrogen-bond acceptors (Lipinski definition) is 6. The fraction of sp³-hybridized carbons (Fsp3) is 0.367. The molecular formula is C30H35Cl2N5O. The summed E-state index contributed by atoms with van der Waals surface area (Å²) in [5, 5.41) is 27.3. The lowest BCUT2D eigenvalue weighted by atomic mass is 9.97. The summed E-state index contributed by atoms with van der Waals surface area (Å²) in [6.07, 6.45) is 0.175. The van der Waals surface area contributed by atoms with Gasteiger partial charge in [-0.05, 0) is 66.9 Å². The normalized spacial score (nSPS) is 18.1. The quantitative estimate of drug-likeness (QED) is 0.269. The van der Waals surface area contributed by atoms with E-state index in [0.29, 0.717) is 33.9 Å². The predicted octanol–water partition coefficient (Wildman–Crippen LogP) is 5.97. The molecule has 6 nitrogen and oxygen atoms in total. The molecule has 0 saturated carbocycles. The number of halogens is 2. The van der Waals surface area contributed by atoms with Crippen LogP contribution in [-0.2, 0) is 0 Å². The van der Waals surface area contributed by atoms with Crippen molar-refractivity contribution in [1.82, 2.24) is 15.1 Å². The van der Waals surface area contributed by atoms with Gasteiger partial charge in [0.25, 0.3) is 0 Å². The Morgan fingerprint density at radius 3 is 2.42 bits per heavy atom. The van der Waals surface area contributed by atoms with Crippen LogP contribution in [0.15, 0.2) is 66.7 Å². The van der Waals surface area contributed by atoms with E-state index in [2.05, 4.69) is 64.6 Å². The molecule has 0 aliphatic carbocycles. The van der Waals surface area contributed by atoms with Gasteiger partial charge in [0.1, 0.15) is 0 Å². The summed E-state index contributed by atoms with van der Waals surface area (Å²) in [6, 6.07) is 23.9. The first kappa shape index (κ1) is 28.4. The summed E-state index contributed by atoms with van der Waals surface area (Å²) in [5.41, 5.74) is 4.55. The van der Waals surface area contributed by atoms with E-state index in [1.165, 1.54) is 5.56 Å². The monoisotopic (exact) mass is 551 g/mol. The third-order valence-corrected chi connectivity index (χ3v) is 7.43. The largest absolute Gasteiger partial charge is 0.361 e. The predicted molar refractivity (Wildman–Crippen MR) is 156 cm³/mol. The van der Waals surface area contributed by atoms with Crippen LogP contribution in [0.1, 0.15) is 37.4 Å². The second-order valence-corrected chi connectivity index (χ2v) is 10.7. The van der Waals surface area contributed by atoms with Crippen LogP contribution in [0.2, 0.25) is 10.0 Å². The number of piperazine rings is 1. The topological polar surface area (TPSA) is 74.6 Å². The average Bonchev–Trinajstić information content (AvgIpc) is 2.90. The Hall–Kier alpha value is -2.63. The number of rotatable bonds is 10. The van der Waals surface area contributed by atoms with Gasteiger partial charge in [0.15, 0.2) is 6.35 Å². The average molecular weight is 553 g/mol. The minimum atomic E-state index is -0.975. The van der Waals surface area contributed by atoms with Crippen LogP contribution in [0, 0.1) is 11.3 Å². The molecule has 0 aromatic heterocycles. The van der Waals surface area contributed by atoms with E-state index in [0.717, 1.165) is 43.7 Å². The lowest BCUT2D eigenvalue weighted by molar-refractivity contribution is 0.0416. The lowest BCUT2D eigenvalue weighted by Crippen LogP contribution is -2.55. The van der Waals surface area contributed by atoms with Crippen molar-refractivity contribution in [3.8, 4) is 17.2 Å². The number of anilines is 1. The molecule has 200 valence electrons. The fourth-order valence-electron chi connectivity index (χ4n) is 5.19. The number of benzene rings is 3. The minimum absolute atomic E-state index is 0.0627. The summed E-state index contributed by atoms with van der Waals surface area (Å²) < 4.78 is 0. The Labute approximate surface area is 235 Å². The zero-order chi connectivity index (χ0) is 27.1. The van der Waals surface area contributed by atoms with Crippen molar-refractivity contribution in [2.45, 2.75) is 38.7 Å². The molecule has 8 heteroatoms. The number of nitriles is 1. The highest BCUT2D eigenvalue weighted by molar-refractivity contribution is 6.35. The Kier molecular flexibility index (Phi) is 10.0.